The average Bonchev–Trinajstić information content (AvgIpc) is 2.32. The second kappa shape index (κ2) is 5.08. The van der Waals surface area contributed by atoms with Gasteiger partial charge in [0.15, 0.2) is 0 Å². The molecule has 108 valence electrons. The summed E-state index contributed by atoms with van der Waals surface area (Å²) in [5.41, 5.74) is -0.125. The summed E-state index contributed by atoms with van der Waals surface area (Å²) < 4.78 is 5.53. The van der Waals surface area contributed by atoms with Gasteiger partial charge in [0.2, 0.25) is 0 Å². The van der Waals surface area contributed by atoms with E-state index in [1.165, 1.54) is 19.3 Å². The van der Waals surface area contributed by atoms with Gasteiger partial charge in [-0.1, -0.05) is 0 Å². The zero-order chi connectivity index (χ0) is 13.5. The first kappa shape index (κ1) is 13.4. The van der Waals surface area contributed by atoms with Gasteiger partial charge in [0.1, 0.15) is 0 Å². The first-order valence-electron chi connectivity index (χ1n) is 7.93. The Morgan fingerprint density at radius 1 is 1.21 bits per heavy atom. The first-order chi connectivity index (χ1) is 9.07. The molecular weight excluding hydrogens is 240 g/mol. The maximum atomic E-state index is 12.5. The molecular formula is C16H26O3. The summed E-state index contributed by atoms with van der Waals surface area (Å²) in [7, 11) is 0. The minimum Gasteiger partial charge on any atom is -0.465 e. The van der Waals surface area contributed by atoms with E-state index in [-0.39, 0.29) is 17.5 Å². The van der Waals surface area contributed by atoms with Crippen LogP contribution in [-0.4, -0.2) is 23.8 Å². The molecule has 0 aromatic heterocycles. The second-order valence-corrected chi connectivity index (χ2v) is 7.33. The summed E-state index contributed by atoms with van der Waals surface area (Å²) >= 11 is 0. The lowest BCUT2D eigenvalue weighted by Crippen LogP contribution is -2.50. The molecule has 1 atom stereocenters. The molecule has 1 unspecified atom stereocenters. The Bertz CT molecular complexity index is 313. The van der Waals surface area contributed by atoms with Crippen molar-refractivity contribution in [2.75, 3.05) is 6.61 Å². The highest BCUT2D eigenvalue weighted by Crippen LogP contribution is 2.60. The van der Waals surface area contributed by atoms with E-state index < -0.39 is 0 Å². The molecule has 4 fully saturated rings. The van der Waals surface area contributed by atoms with Crippen LogP contribution < -0.4 is 0 Å². The Balaban J connectivity index is 1.54. The van der Waals surface area contributed by atoms with Crippen LogP contribution in [0.25, 0.3) is 0 Å². The molecule has 0 heterocycles. The molecule has 0 spiro atoms. The predicted octanol–water partition coefficient (Wildman–Crippen LogP) is 2.91. The smallest absolute Gasteiger partial charge is 0.312 e. The SMILES string of the molecule is CC(O)CCCOC(=O)C12CC3CC(CC(C3)C1)C2. The highest BCUT2D eigenvalue weighted by atomic mass is 16.5. The first-order valence-corrected chi connectivity index (χ1v) is 7.93. The fraction of sp³-hybridized carbons (Fsp3) is 0.938. The zero-order valence-electron chi connectivity index (χ0n) is 11.9. The highest BCUT2D eigenvalue weighted by Gasteiger charge is 2.55. The van der Waals surface area contributed by atoms with E-state index in [9.17, 15) is 9.90 Å². The Kier molecular flexibility index (Phi) is 3.59. The summed E-state index contributed by atoms with van der Waals surface area (Å²) in [6.45, 7) is 2.26. The van der Waals surface area contributed by atoms with E-state index in [0.29, 0.717) is 13.0 Å². The monoisotopic (exact) mass is 266 g/mol. The van der Waals surface area contributed by atoms with Gasteiger partial charge in [-0.15, -0.1) is 0 Å². The number of ether oxygens (including phenoxy) is 1. The minimum atomic E-state index is -0.293. The van der Waals surface area contributed by atoms with E-state index in [1.54, 1.807) is 6.92 Å². The molecule has 0 aromatic carbocycles. The summed E-state index contributed by atoms with van der Waals surface area (Å²) in [6.07, 6.45) is 8.50. The van der Waals surface area contributed by atoms with Crippen molar-refractivity contribution in [1.82, 2.24) is 0 Å². The second-order valence-electron chi connectivity index (χ2n) is 7.33. The van der Waals surface area contributed by atoms with Gasteiger partial charge in [0.05, 0.1) is 18.1 Å². The standard InChI is InChI=1S/C16H26O3/c1-11(17)3-2-4-19-15(18)16-8-12-5-13(9-16)7-14(6-12)10-16/h11-14,17H,2-10H2,1H3. The number of hydrogen-bond acceptors (Lipinski definition) is 3. The quantitative estimate of drug-likeness (QED) is 0.615. The number of aliphatic hydroxyl groups excluding tert-OH is 1. The van der Waals surface area contributed by atoms with Crippen molar-refractivity contribution >= 4 is 5.97 Å². The van der Waals surface area contributed by atoms with Crippen LogP contribution in [0.15, 0.2) is 0 Å². The third kappa shape index (κ3) is 2.67. The van der Waals surface area contributed by atoms with Crippen LogP contribution in [0.2, 0.25) is 0 Å². The van der Waals surface area contributed by atoms with Crippen LogP contribution in [0.3, 0.4) is 0 Å². The molecule has 1 N–H and O–H groups in total. The molecule has 4 bridgehead atoms. The van der Waals surface area contributed by atoms with E-state index in [2.05, 4.69) is 0 Å². The van der Waals surface area contributed by atoms with Crippen molar-refractivity contribution in [3.8, 4) is 0 Å². The number of carbonyl (C=O) groups is 1. The molecule has 0 radical (unpaired) electrons. The van der Waals surface area contributed by atoms with Gasteiger partial charge in [-0.3, -0.25) is 4.79 Å². The highest BCUT2D eigenvalue weighted by molar-refractivity contribution is 5.77. The number of carbonyl (C=O) groups excluding carboxylic acids is 1. The van der Waals surface area contributed by atoms with Gasteiger partial charge < -0.3 is 9.84 Å². The topological polar surface area (TPSA) is 46.5 Å². The third-order valence-corrected chi connectivity index (χ3v) is 5.47. The van der Waals surface area contributed by atoms with Gasteiger partial charge in [0, 0.05) is 0 Å². The Morgan fingerprint density at radius 3 is 2.21 bits per heavy atom. The molecule has 0 saturated heterocycles. The number of rotatable bonds is 5. The molecule has 0 aromatic rings. The molecule has 0 amide bonds. The van der Waals surface area contributed by atoms with Crippen LogP contribution in [0, 0.1) is 23.2 Å². The van der Waals surface area contributed by atoms with Gasteiger partial charge in [-0.2, -0.15) is 0 Å². The Morgan fingerprint density at radius 2 is 1.74 bits per heavy atom. The Labute approximate surface area is 115 Å². The van der Waals surface area contributed by atoms with Gasteiger partial charge in [0.25, 0.3) is 0 Å². The van der Waals surface area contributed by atoms with Crippen LogP contribution in [0.1, 0.15) is 58.3 Å². The van der Waals surface area contributed by atoms with Gasteiger partial charge in [-0.05, 0) is 76.0 Å². The van der Waals surface area contributed by atoms with E-state index in [1.807, 2.05) is 0 Å². The van der Waals surface area contributed by atoms with Crippen molar-refractivity contribution < 1.29 is 14.6 Å². The van der Waals surface area contributed by atoms with Gasteiger partial charge in [-0.25, -0.2) is 0 Å². The third-order valence-electron chi connectivity index (χ3n) is 5.47. The molecule has 19 heavy (non-hydrogen) atoms. The van der Waals surface area contributed by atoms with Crippen molar-refractivity contribution in [2.24, 2.45) is 23.2 Å². The lowest BCUT2D eigenvalue weighted by atomic mass is 9.49. The summed E-state index contributed by atoms with van der Waals surface area (Å²) in [5, 5.41) is 9.21. The minimum absolute atomic E-state index is 0.0668. The van der Waals surface area contributed by atoms with Crippen molar-refractivity contribution in [2.45, 2.75) is 64.4 Å². The summed E-state index contributed by atoms with van der Waals surface area (Å²) in [5.74, 6) is 2.43. The van der Waals surface area contributed by atoms with Crippen LogP contribution in [0.5, 0.6) is 0 Å². The number of esters is 1. The largest absolute Gasteiger partial charge is 0.465 e. The maximum Gasteiger partial charge on any atom is 0.312 e. The summed E-state index contributed by atoms with van der Waals surface area (Å²) in [4.78, 5) is 12.5. The summed E-state index contributed by atoms with van der Waals surface area (Å²) in [6, 6.07) is 0. The van der Waals surface area contributed by atoms with Crippen molar-refractivity contribution in [1.29, 1.82) is 0 Å². The zero-order valence-corrected chi connectivity index (χ0v) is 11.9. The average molecular weight is 266 g/mol. The predicted molar refractivity (Wildman–Crippen MR) is 72.5 cm³/mol. The number of hydrogen-bond donors (Lipinski definition) is 1. The molecule has 0 aliphatic heterocycles. The lowest BCUT2D eigenvalue weighted by Gasteiger charge is -2.55. The van der Waals surface area contributed by atoms with Crippen molar-refractivity contribution in [3.05, 3.63) is 0 Å². The lowest BCUT2D eigenvalue weighted by molar-refractivity contribution is -0.171. The molecule has 3 heteroatoms. The number of aliphatic hydroxyl groups is 1. The normalized spacial score (nSPS) is 41.3. The fourth-order valence-electron chi connectivity index (χ4n) is 5.06. The fourth-order valence-corrected chi connectivity index (χ4v) is 5.06. The van der Waals surface area contributed by atoms with E-state index >= 15 is 0 Å². The Hall–Kier alpha value is -0.570. The van der Waals surface area contributed by atoms with Crippen LogP contribution in [-0.2, 0) is 9.53 Å². The molecule has 3 nitrogen and oxygen atoms in total. The molecule has 4 aliphatic rings. The van der Waals surface area contributed by atoms with Gasteiger partial charge >= 0.3 is 5.97 Å². The molecule has 4 rings (SSSR count). The van der Waals surface area contributed by atoms with Crippen LogP contribution in [0.4, 0.5) is 0 Å². The van der Waals surface area contributed by atoms with Crippen LogP contribution >= 0.6 is 0 Å². The van der Waals surface area contributed by atoms with E-state index in [4.69, 9.17) is 4.74 Å². The molecule has 4 saturated carbocycles. The maximum absolute atomic E-state index is 12.5. The van der Waals surface area contributed by atoms with Crippen molar-refractivity contribution in [3.63, 3.8) is 0 Å². The molecule has 4 aliphatic carbocycles. The van der Waals surface area contributed by atoms with E-state index in [0.717, 1.165) is 43.4 Å².